The van der Waals surface area contributed by atoms with Gasteiger partial charge >= 0.3 is 5.97 Å². The predicted molar refractivity (Wildman–Crippen MR) is 95.1 cm³/mol. The number of esters is 1. The number of carbonyl (C=O) groups is 2. The van der Waals surface area contributed by atoms with Gasteiger partial charge in [-0.05, 0) is 23.8 Å². The minimum Gasteiger partial charge on any atom is -0.452 e. The fraction of sp³-hybridized carbons (Fsp3) is 0.125. The van der Waals surface area contributed by atoms with E-state index in [0.29, 0.717) is 5.02 Å². The van der Waals surface area contributed by atoms with E-state index >= 15 is 0 Å². The third-order valence-electron chi connectivity index (χ3n) is 3.02. The first-order chi connectivity index (χ1) is 11.4. The van der Waals surface area contributed by atoms with E-state index in [1.807, 2.05) is 0 Å². The molecule has 8 heteroatoms. The predicted octanol–water partition coefficient (Wildman–Crippen LogP) is 4.77. The van der Waals surface area contributed by atoms with Crippen LogP contribution in [0.5, 0.6) is 0 Å². The zero-order valence-electron chi connectivity index (χ0n) is 12.1. The molecule has 0 bridgehead atoms. The largest absolute Gasteiger partial charge is 0.452 e. The zero-order chi connectivity index (χ0) is 17.7. The molecule has 0 fully saturated rings. The lowest BCUT2D eigenvalue weighted by Crippen LogP contribution is -2.28. The quantitative estimate of drug-likeness (QED) is 0.574. The molecule has 0 aliphatic rings. The summed E-state index contributed by atoms with van der Waals surface area (Å²) < 4.78 is 4.91. The van der Waals surface area contributed by atoms with Crippen LogP contribution in [0.2, 0.25) is 20.1 Å². The molecule has 0 saturated carbocycles. The minimum absolute atomic E-state index is 0.0226. The number of ether oxygens (including phenoxy) is 1. The van der Waals surface area contributed by atoms with Gasteiger partial charge in [0.05, 0.1) is 20.6 Å². The maximum atomic E-state index is 12.0. The Balaban J connectivity index is 1.91. The van der Waals surface area contributed by atoms with Gasteiger partial charge in [0, 0.05) is 11.6 Å². The fourth-order valence-electron chi connectivity index (χ4n) is 1.80. The van der Waals surface area contributed by atoms with Gasteiger partial charge in [0.15, 0.2) is 6.61 Å². The van der Waals surface area contributed by atoms with E-state index in [4.69, 9.17) is 51.1 Å². The Morgan fingerprint density at radius 2 is 1.58 bits per heavy atom. The molecule has 2 rings (SSSR count). The Kier molecular flexibility index (Phi) is 6.75. The van der Waals surface area contributed by atoms with E-state index < -0.39 is 18.5 Å². The molecule has 2 aromatic carbocycles. The van der Waals surface area contributed by atoms with Crippen LogP contribution in [0, 0.1) is 0 Å². The number of amides is 1. The standard InChI is InChI=1S/C16H11Cl4NO3/c17-10-4-2-1-3-9(10)7-21-13(22)8-24-16(23)14-11(18)5-6-12(19)15(14)20/h1-6H,7-8H2,(H,21,22). The van der Waals surface area contributed by atoms with Crippen LogP contribution in [0.1, 0.15) is 15.9 Å². The van der Waals surface area contributed by atoms with Gasteiger partial charge in [-0.3, -0.25) is 4.79 Å². The van der Waals surface area contributed by atoms with Crippen molar-refractivity contribution in [3.8, 4) is 0 Å². The maximum Gasteiger partial charge on any atom is 0.341 e. The van der Waals surface area contributed by atoms with E-state index in [1.165, 1.54) is 12.1 Å². The molecule has 0 saturated heterocycles. The molecule has 0 unspecified atom stereocenters. The smallest absolute Gasteiger partial charge is 0.341 e. The van der Waals surface area contributed by atoms with Crippen LogP contribution in [-0.2, 0) is 16.1 Å². The lowest BCUT2D eigenvalue weighted by Gasteiger charge is -2.10. The highest BCUT2D eigenvalue weighted by atomic mass is 35.5. The SMILES string of the molecule is O=C(COC(=O)c1c(Cl)ccc(Cl)c1Cl)NCc1ccccc1Cl. The summed E-state index contributed by atoms with van der Waals surface area (Å²) in [5.74, 6) is -1.32. The summed E-state index contributed by atoms with van der Waals surface area (Å²) >= 11 is 23.7. The van der Waals surface area contributed by atoms with Gasteiger partial charge in [0.25, 0.3) is 5.91 Å². The average molecular weight is 407 g/mol. The van der Waals surface area contributed by atoms with Gasteiger partial charge in [-0.25, -0.2) is 4.79 Å². The van der Waals surface area contributed by atoms with Gasteiger partial charge in [-0.1, -0.05) is 64.6 Å². The van der Waals surface area contributed by atoms with Crippen LogP contribution in [-0.4, -0.2) is 18.5 Å². The third-order valence-corrected chi connectivity index (χ3v) is 4.50. The molecular formula is C16H11Cl4NO3. The Hall–Kier alpha value is -1.46. The molecule has 0 radical (unpaired) electrons. The number of nitrogens with one attached hydrogen (secondary N) is 1. The molecule has 1 amide bonds. The van der Waals surface area contributed by atoms with Gasteiger partial charge in [0.1, 0.15) is 0 Å². The number of rotatable bonds is 5. The van der Waals surface area contributed by atoms with Crippen molar-refractivity contribution >= 4 is 58.3 Å². The topological polar surface area (TPSA) is 55.4 Å². The van der Waals surface area contributed by atoms with Gasteiger partial charge < -0.3 is 10.1 Å². The number of halogens is 4. The monoisotopic (exact) mass is 405 g/mol. The molecule has 0 atom stereocenters. The summed E-state index contributed by atoms with van der Waals surface area (Å²) in [5, 5.41) is 3.36. The molecule has 0 aliphatic carbocycles. The summed E-state index contributed by atoms with van der Waals surface area (Å²) in [6.45, 7) is -0.267. The second-order valence-electron chi connectivity index (χ2n) is 4.66. The maximum absolute atomic E-state index is 12.0. The zero-order valence-corrected chi connectivity index (χ0v) is 15.1. The molecule has 0 aliphatic heterocycles. The summed E-state index contributed by atoms with van der Waals surface area (Å²) in [6.07, 6.45) is 0. The highest BCUT2D eigenvalue weighted by Crippen LogP contribution is 2.31. The van der Waals surface area contributed by atoms with E-state index in [-0.39, 0.29) is 27.2 Å². The van der Waals surface area contributed by atoms with Crippen molar-refractivity contribution in [1.82, 2.24) is 5.32 Å². The summed E-state index contributed by atoms with van der Waals surface area (Å²) in [5.41, 5.74) is 0.671. The van der Waals surface area contributed by atoms with E-state index in [2.05, 4.69) is 5.32 Å². The number of hydrogen-bond acceptors (Lipinski definition) is 3. The van der Waals surface area contributed by atoms with Crippen molar-refractivity contribution in [2.75, 3.05) is 6.61 Å². The number of hydrogen-bond donors (Lipinski definition) is 1. The molecule has 24 heavy (non-hydrogen) atoms. The Bertz CT molecular complexity index is 780. The molecule has 1 N–H and O–H groups in total. The highest BCUT2D eigenvalue weighted by molar-refractivity contribution is 6.46. The van der Waals surface area contributed by atoms with E-state index in [0.717, 1.165) is 5.56 Å². The molecule has 0 heterocycles. The molecule has 0 aromatic heterocycles. The van der Waals surface area contributed by atoms with Crippen LogP contribution in [0.3, 0.4) is 0 Å². The molecule has 0 spiro atoms. The summed E-state index contributed by atoms with van der Waals surface area (Å²) in [7, 11) is 0. The van der Waals surface area contributed by atoms with Crippen molar-refractivity contribution in [3.05, 3.63) is 67.6 Å². The molecule has 126 valence electrons. The Morgan fingerprint density at radius 1 is 0.917 bits per heavy atom. The minimum atomic E-state index is -0.833. The summed E-state index contributed by atoms with van der Waals surface area (Å²) in [4.78, 5) is 23.8. The molecular weight excluding hydrogens is 396 g/mol. The van der Waals surface area contributed by atoms with Crippen LogP contribution >= 0.6 is 46.4 Å². The third kappa shape index (κ3) is 4.77. The van der Waals surface area contributed by atoms with Gasteiger partial charge in [-0.2, -0.15) is 0 Å². The Labute approximate surface area is 158 Å². The van der Waals surface area contributed by atoms with Crippen molar-refractivity contribution < 1.29 is 14.3 Å². The van der Waals surface area contributed by atoms with Gasteiger partial charge in [-0.15, -0.1) is 0 Å². The van der Waals surface area contributed by atoms with Crippen molar-refractivity contribution in [2.24, 2.45) is 0 Å². The normalized spacial score (nSPS) is 10.3. The van der Waals surface area contributed by atoms with Gasteiger partial charge in [0.2, 0.25) is 0 Å². The van der Waals surface area contributed by atoms with Crippen LogP contribution in [0.4, 0.5) is 0 Å². The lowest BCUT2D eigenvalue weighted by molar-refractivity contribution is -0.124. The molecule has 4 nitrogen and oxygen atoms in total. The van der Waals surface area contributed by atoms with E-state index in [9.17, 15) is 9.59 Å². The van der Waals surface area contributed by atoms with Crippen molar-refractivity contribution in [3.63, 3.8) is 0 Å². The second kappa shape index (κ2) is 8.58. The van der Waals surface area contributed by atoms with Crippen molar-refractivity contribution in [2.45, 2.75) is 6.54 Å². The number of benzene rings is 2. The Morgan fingerprint density at radius 3 is 2.29 bits per heavy atom. The fourth-order valence-corrected chi connectivity index (χ4v) is 2.69. The lowest BCUT2D eigenvalue weighted by atomic mass is 10.2. The average Bonchev–Trinajstić information content (AvgIpc) is 2.56. The first kappa shape index (κ1) is 18.9. The second-order valence-corrected chi connectivity index (χ2v) is 6.26. The first-order valence-electron chi connectivity index (χ1n) is 6.71. The highest BCUT2D eigenvalue weighted by Gasteiger charge is 2.19. The number of carbonyl (C=O) groups excluding carboxylic acids is 2. The summed E-state index contributed by atoms with van der Waals surface area (Å²) in [6, 6.07) is 9.96. The first-order valence-corrected chi connectivity index (χ1v) is 8.22. The molecule has 2 aromatic rings. The van der Waals surface area contributed by atoms with E-state index in [1.54, 1.807) is 24.3 Å². The van der Waals surface area contributed by atoms with Crippen LogP contribution in [0.15, 0.2) is 36.4 Å². The van der Waals surface area contributed by atoms with Crippen molar-refractivity contribution in [1.29, 1.82) is 0 Å². The van der Waals surface area contributed by atoms with Crippen LogP contribution in [0.25, 0.3) is 0 Å². The van der Waals surface area contributed by atoms with Crippen LogP contribution < -0.4 is 5.32 Å².